The summed E-state index contributed by atoms with van der Waals surface area (Å²) in [4.78, 5) is 11.7. The zero-order valence-electron chi connectivity index (χ0n) is 12.8. The number of nitrogens with one attached hydrogen (secondary N) is 2. The van der Waals surface area contributed by atoms with Gasteiger partial charge in [-0.2, -0.15) is 0 Å². The molecule has 0 unspecified atom stereocenters. The molecule has 2 amide bonds. The van der Waals surface area contributed by atoms with E-state index in [1.807, 2.05) is 28.9 Å². The number of aromatic nitrogens is 4. The van der Waals surface area contributed by atoms with E-state index in [0.29, 0.717) is 18.5 Å². The predicted octanol–water partition coefficient (Wildman–Crippen LogP) is 2.45. The molecule has 1 aliphatic rings. The topological polar surface area (TPSA) is 84.7 Å². The zero-order valence-corrected chi connectivity index (χ0v) is 12.8. The highest BCUT2D eigenvalue weighted by Gasteiger charge is 2.28. The largest absolute Gasteiger partial charge is 0.338 e. The lowest BCUT2D eigenvalue weighted by Crippen LogP contribution is -2.31. The van der Waals surface area contributed by atoms with Crippen LogP contribution in [0.5, 0.6) is 0 Å². The summed E-state index contributed by atoms with van der Waals surface area (Å²) in [5, 5.41) is 17.5. The highest BCUT2D eigenvalue weighted by atomic mass is 16.2. The molecule has 0 radical (unpaired) electrons. The predicted molar refractivity (Wildman–Crippen MR) is 83.4 cm³/mol. The van der Waals surface area contributed by atoms with Gasteiger partial charge in [-0.15, -0.1) is 5.10 Å². The van der Waals surface area contributed by atoms with Crippen LogP contribution in [0.15, 0.2) is 24.3 Å². The van der Waals surface area contributed by atoms with Crippen molar-refractivity contribution in [2.24, 2.45) is 5.92 Å². The highest BCUT2D eigenvalue weighted by molar-refractivity contribution is 5.89. The number of benzene rings is 1. The molecule has 7 nitrogen and oxygen atoms in total. The Balaban J connectivity index is 1.65. The van der Waals surface area contributed by atoms with E-state index >= 15 is 0 Å². The molecule has 1 fully saturated rings. The minimum absolute atomic E-state index is 0.190. The standard InChI is InChI=1S/C15H20N6O/c1-10(2)9-16-15(22)17-12-5-3-11(4-6-12)14-18-19-20-21(14)13-7-8-13/h3-6,10,13H,7-9H2,1-2H3,(H2,16,17,22). The average Bonchev–Trinajstić information content (AvgIpc) is 3.23. The van der Waals surface area contributed by atoms with Gasteiger partial charge in [-0.05, 0) is 53.5 Å². The molecule has 3 rings (SSSR count). The Kier molecular flexibility index (Phi) is 4.04. The fraction of sp³-hybridized carbons (Fsp3) is 0.467. The molecule has 0 atom stereocenters. The first-order valence-corrected chi connectivity index (χ1v) is 7.56. The van der Waals surface area contributed by atoms with Gasteiger partial charge in [0.1, 0.15) is 0 Å². The second kappa shape index (κ2) is 6.13. The summed E-state index contributed by atoms with van der Waals surface area (Å²) in [6, 6.07) is 7.80. The Morgan fingerprint density at radius 3 is 2.68 bits per heavy atom. The highest BCUT2D eigenvalue weighted by Crippen LogP contribution is 2.36. The number of anilines is 1. The molecule has 22 heavy (non-hydrogen) atoms. The van der Waals surface area contributed by atoms with Crippen LogP contribution in [0.1, 0.15) is 32.7 Å². The summed E-state index contributed by atoms with van der Waals surface area (Å²) in [6.07, 6.45) is 2.27. The van der Waals surface area contributed by atoms with Crippen molar-refractivity contribution in [3.63, 3.8) is 0 Å². The van der Waals surface area contributed by atoms with Crippen LogP contribution in [0.25, 0.3) is 11.4 Å². The van der Waals surface area contributed by atoms with Gasteiger partial charge in [-0.1, -0.05) is 13.8 Å². The number of carbonyl (C=O) groups is 1. The van der Waals surface area contributed by atoms with Gasteiger partial charge >= 0.3 is 6.03 Å². The van der Waals surface area contributed by atoms with Crippen molar-refractivity contribution in [3.8, 4) is 11.4 Å². The lowest BCUT2D eigenvalue weighted by molar-refractivity contribution is 0.251. The Morgan fingerprint density at radius 1 is 1.32 bits per heavy atom. The maximum atomic E-state index is 11.7. The number of tetrazole rings is 1. The first kappa shape index (κ1) is 14.5. The summed E-state index contributed by atoms with van der Waals surface area (Å²) in [6.45, 7) is 4.76. The molecular weight excluding hydrogens is 280 g/mol. The number of urea groups is 1. The molecule has 0 spiro atoms. The van der Waals surface area contributed by atoms with Gasteiger partial charge < -0.3 is 10.6 Å². The quantitative estimate of drug-likeness (QED) is 0.888. The minimum Gasteiger partial charge on any atom is -0.338 e. The monoisotopic (exact) mass is 300 g/mol. The third-order valence-electron chi connectivity index (χ3n) is 3.46. The van der Waals surface area contributed by atoms with Crippen LogP contribution in [-0.2, 0) is 0 Å². The lowest BCUT2D eigenvalue weighted by Gasteiger charge is -2.10. The first-order valence-electron chi connectivity index (χ1n) is 7.56. The van der Waals surface area contributed by atoms with Gasteiger partial charge in [0.25, 0.3) is 0 Å². The number of hydrogen-bond acceptors (Lipinski definition) is 4. The number of nitrogens with zero attached hydrogens (tertiary/aromatic N) is 4. The maximum absolute atomic E-state index is 11.7. The molecule has 0 saturated heterocycles. The fourth-order valence-electron chi connectivity index (χ4n) is 2.12. The van der Waals surface area contributed by atoms with Crippen LogP contribution in [0.3, 0.4) is 0 Å². The molecule has 2 N–H and O–H groups in total. The molecule has 1 aromatic carbocycles. The van der Waals surface area contributed by atoms with Crippen molar-refractivity contribution in [2.45, 2.75) is 32.7 Å². The average molecular weight is 300 g/mol. The number of hydrogen-bond donors (Lipinski definition) is 2. The molecule has 1 saturated carbocycles. The van der Waals surface area contributed by atoms with Crippen molar-refractivity contribution in [1.29, 1.82) is 0 Å². The van der Waals surface area contributed by atoms with Crippen LogP contribution in [0.4, 0.5) is 10.5 Å². The van der Waals surface area contributed by atoms with E-state index in [9.17, 15) is 4.79 Å². The van der Waals surface area contributed by atoms with Crippen LogP contribution in [-0.4, -0.2) is 32.8 Å². The van der Waals surface area contributed by atoms with E-state index in [1.54, 1.807) is 0 Å². The zero-order chi connectivity index (χ0) is 15.5. The molecule has 116 valence electrons. The molecule has 2 aromatic rings. The van der Waals surface area contributed by atoms with Crippen molar-refractivity contribution in [3.05, 3.63) is 24.3 Å². The van der Waals surface area contributed by atoms with Gasteiger partial charge in [0.2, 0.25) is 0 Å². The normalized spacial score (nSPS) is 14.1. The number of amides is 2. The van der Waals surface area contributed by atoms with Crippen molar-refractivity contribution >= 4 is 11.7 Å². The van der Waals surface area contributed by atoms with Gasteiger partial charge in [0, 0.05) is 17.8 Å². The minimum atomic E-state index is -0.190. The third-order valence-corrected chi connectivity index (χ3v) is 3.46. The van der Waals surface area contributed by atoms with Crippen LogP contribution in [0.2, 0.25) is 0 Å². The molecule has 1 aromatic heterocycles. The molecule has 1 heterocycles. The maximum Gasteiger partial charge on any atom is 0.319 e. The van der Waals surface area contributed by atoms with E-state index in [0.717, 1.165) is 29.9 Å². The Hall–Kier alpha value is -2.44. The summed E-state index contributed by atoms with van der Waals surface area (Å²) >= 11 is 0. The second-order valence-corrected chi connectivity index (χ2v) is 5.98. The number of rotatable bonds is 5. The molecule has 0 aliphatic heterocycles. The summed E-state index contributed by atoms with van der Waals surface area (Å²) < 4.78 is 1.87. The fourth-order valence-corrected chi connectivity index (χ4v) is 2.12. The molecule has 0 bridgehead atoms. The van der Waals surface area contributed by atoms with Crippen molar-refractivity contribution in [1.82, 2.24) is 25.5 Å². The van der Waals surface area contributed by atoms with Crippen LogP contribution in [0, 0.1) is 5.92 Å². The van der Waals surface area contributed by atoms with Gasteiger partial charge in [-0.25, -0.2) is 9.48 Å². The first-order chi connectivity index (χ1) is 10.6. The van der Waals surface area contributed by atoms with E-state index in [1.165, 1.54) is 0 Å². The SMILES string of the molecule is CC(C)CNC(=O)Nc1ccc(-c2nnnn2C2CC2)cc1. The smallest absolute Gasteiger partial charge is 0.319 e. The Morgan fingerprint density at radius 2 is 2.05 bits per heavy atom. The van der Waals surface area contributed by atoms with Gasteiger partial charge in [0.15, 0.2) is 5.82 Å². The molecule has 1 aliphatic carbocycles. The number of carbonyl (C=O) groups excluding carboxylic acids is 1. The van der Waals surface area contributed by atoms with E-state index in [2.05, 4.69) is 40.0 Å². The lowest BCUT2D eigenvalue weighted by atomic mass is 10.2. The van der Waals surface area contributed by atoms with Crippen LogP contribution < -0.4 is 10.6 Å². The van der Waals surface area contributed by atoms with Crippen LogP contribution >= 0.6 is 0 Å². The van der Waals surface area contributed by atoms with E-state index in [4.69, 9.17) is 0 Å². The van der Waals surface area contributed by atoms with Crippen molar-refractivity contribution < 1.29 is 4.79 Å². The van der Waals surface area contributed by atoms with Gasteiger partial charge in [-0.3, -0.25) is 0 Å². The van der Waals surface area contributed by atoms with E-state index < -0.39 is 0 Å². The second-order valence-electron chi connectivity index (χ2n) is 5.98. The van der Waals surface area contributed by atoms with Gasteiger partial charge in [0.05, 0.1) is 6.04 Å². The van der Waals surface area contributed by atoms with E-state index in [-0.39, 0.29) is 6.03 Å². The molecular formula is C15H20N6O. The Labute approximate surface area is 129 Å². The third kappa shape index (κ3) is 3.41. The Bertz CT molecular complexity index is 644. The van der Waals surface area contributed by atoms with Crippen molar-refractivity contribution in [2.75, 3.05) is 11.9 Å². The summed E-state index contributed by atoms with van der Waals surface area (Å²) in [5.74, 6) is 1.20. The summed E-state index contributed by atoms with van der Waals surface area (Å²) in [7, 11) is 0. The summed E-state index contributed by atoms with van der Waals surface area (Å²) in [5.41, 5.74) is 1.69. The molecule has 7 heteroatoms.